The maximum Gasteiger partial charge on any atom is 0.524 e. The Labute approximate surface area is 142 Å². The van der Waals surface area contributed by atoms with Gasteiger partial charge in [0.25, 0.3) is 0 Å². The number of carbonyl (C=O) groups is 1. The Morgan fingerprint density at radius 1 is 1.00 bits per heavy atom. The molecule has 0 aliphatic heterocycles. The van der Waals surface area contributed by atoms with E-state index in [1.165, 1.54) is 0 Å². The fourth-order valence-corrected chi connectivity index (χ4v) is 4.82. The van der Waals surface area contributed by atoms with E-state index in [9.17, 15) is 4.79 Å². The largest absolute Gasteiger partial charge is 0.524 e. The van der Waals surface area contributed by atoms with Crippen LogP contribution in [0.5, 0.6) is 0 Å². The van der Waals surface area contributed by atoms with Crippen LogP contribution >= 0.6 is 0 Å². The van der Waals surface area contributed by atoms with Crippen molar-refractivity contribution in [2.75, 3.05) is 41.0 Å². The van der Waals surface area contributed by atoms with E-state index < -0.39 is 14.9 Å². The molecule has 2 unspecified atom stereocenters. The smallest absolute Gasteiger partial charge is 0.397 e. The third-order valence-electron chi connectivity index (χ3n) is 3.53. The molecule has 8 heteroatoms. The van der Waals surface area contributed by atoms with Crippen molar-refractivity contribution in [1.29, 1.82) is 0 Å². The van der Waals surface area contributed by atoms with Gasteiger partial charge in [-0.1, -0.05) is 6.92 Å². The van der Waals surface area contributed by atoms with E-state index in [1.807, 2.05) is 55.8 Å². The van der Waals surface area contributed by atoms with Crippen LogP contribution in [0.25, 0.3) is 0 Å². The second kappa shape index (κ2) is 10.2. The molecule has 0 bridgehead atoms. The number of rotatable bonds is 11. The summed E-state index contributed by atoms with van der Waals surface area (Å²) in [5, 5.41) is 2.88. The summed E-state index contributed by atoms with van der Waals surface area (Å²) in [4.78, 5) is 12.2. The highest BCUT2D eigenvalue weighted by molar-refractivity contribution is 6.62. The van der Waals surface area contributed by atoms with Crippen LogP contribution in [-0.4, -0.2) is 72.2 Å². The molecule has 0 saturated heterocycles. The van der Waals surface area contributed by atoms with Gasteiger partial charge >= 0.3 is 14.9 Å². The Morgan fingerprint density at radius 2 is 1.43 bits per heavy atom. The number of quaternary nitrogens is 1. The van der Waals surface area contributed by atoms with Crippen LogP contribution in [0.4, 0.5) is 4.79 Å². The number of nitrogens with zero attached hydrogens (tertiary/aromatic N) is 1. The van der Waals surface area contributed by atoms with Crippen LogP contribution in [-0.2, 0) is 18.0 Å². The number of alkyl carbamates (subject to hydrolysis) is 1. The first-order chi connectivity index (χ1) is 10.7. The Bertz CT molecular complexity index is 332. The molecule has 0 aliphatic carbocycles. The van der Waals surface area contributed by atoms with E-state index in [1.54, 1.807) is 0 Å². The molecule has 0 spiro atoms. The van der Waals surface area contributed by atoms with E-state index >= 15 is 0 Å². The third kappa shape index (κ3) is 7.17. The van der Waals surface area contributed by atoms with E-state index in [0.717, 1.165) is 0 Å². The SMILES string of the molecule is CCO[Si](OCC)(OCC)C(CC)NC(=O)OC(C)[N+](C)(C)C. The molecular weight excluding hydrogens is 316 g/mol. The van der Waals surface area contributed by atoms with Gasteiger partial charge in [0.1, 0.15) is 5.67 Å². The van der Waals surface area contributed by atoms with Gasteiger partial charge in [0.2, 0.25) is 6.23 Å². The molecule has 0 heterocycles. The number of nitrogens with one attached hydrogen (secondary N) is 1. The number of carbonyl (C=O) groups excluding carboxylic acids is 1. The molecule has 0 aromatic carbocycles. The number of hydrogen-bond acceptors (Lipinski definition) is 5. The zero-order chi connectivity index (χ0) is 18.1. The molecule has 0 radical (unpaired) electrons. The standard InChI is InChI=1S/C15H34N2O5Si/c1-9-14(16-15(18)22-13(5)17(6,7)8)23(19-10-2,20-11-3)21-12-4/h13-14H,9-12H2,1-8H3/p+1. The maximum atomic E-state index is 12.2. The topological polar surface area (TPSA) is 66.0 Å². The molecule has 138 valence electrons. The minimum atomic E-state index is -3.00. The summed E-state index contributed by atoms with van der Waals surface area (Å²) in [6.07, 6.45) is -0.108. The predicted molar refractivity (Wildman–Crippen MR) is 91.8 cm³/mol. The van der Waals surface area contributed by atoms with Gasteiger partial charge in [-0.25, -0.2) is 4.79 Å². The zero-order valence-corrected chi connectivity index (χ0v) is 17.0. The maximum absolute atomic E-state index is 12.2. The van der Waals surface area contributed by atoms with Crippen molar-refractivity contribution in [2.24, 2.45) is 0 Å². The second-order valence-electron chi connectivity index (χ2n) is 6.13. The van der Waals surface area contributed by atoms with Crippen molar-refractivity contribution in [3.8, 4) is 0 Å². The van der Waals surface area contributed by atoms with Gasteiger partial charge < -0.3 is 23.3 Å². The Balaban J connectivity index is 5.08. The number of amides is 1. The van der Waals surface area contributed by atoms with Gasteiger partial charge in [0.05, 0.1) is 21.1 Å². The molecule has 0 aliphatic rings. The molecule has 2 atom stereocenters. The van der Waals surface area contributed by atoms with E-state index in [-0.39, 0.29) is 11.9 Å². The van der Waals surface area contributed by atoms with Crippen molar-refractivity contribution in [2.45, 2.75) is 52.9 Å². The second-order valence-corrected chi connectivity index (χ2v) is 8.90. The summed E-state index contributed by atoms with van der Waals surface area (Å²) in [6.45, 7) is 10.9. The van der Waals surface area contributed by atoms with Crippen molar-refractivity contribution in [3.63, 3.8) is 0 Å². The van der Waals surface area contributed by atoms with Crippen molar-refractivity contribution < 1.29 is 27.3 Å². The van der Waals surface area contributed by atoms with Crippen molar-refractivity contribution in [3.05, 3.63) is 0 Å². The summed E-state index contributed by atoms with van der Waals surface area (Å²) in [5.41, 5.74) is -0.338. The molecule has 0 rings (SSSR count). The van der Waals surface area contributed by atoms with Gasteiger partial charge in [0, 0.05) is 26.7 Å². The summed E-state index contributed by atoms with van der Waals surface area (Å²) in [6, 6.07) is 0. The first kappa shape index (κ1) is 22.3. The van der Waals surface area contributed by atoms with Crippen LogP contribution in [0.15, 0.2) is 0 Å². The lowest BCUT2D eigenvalue weighted by atomic mass is 10.5. The van der Waals surface area contributed by atoms with Gasteiger partial charge in [-0.3, -0.25) is 4.48 Å². The van der Waals surface area contributed by atoms with Crippen LogP contribution in [0, 0.1) is 0 Å². The first-order valence-corrected chi connectivity index (χ1v) is 10.2. The summed E-state index contributed by atoms with van der Waals surface area (Å²) >= 11 is 0. The first-order valence-electron chi connectivity index (χ1n) is 8.36. The lowest BCUT2D eigenvalue weighted by Crippen LogP contribution is -2.63. The highest BCUT2D eigenvalue weighted by atomic mass is 28.4. The monoisotopic (exact) mass is 351 g/mol. The van der Waals surface area contributed by atoms with Crippen LogP contribution < -0.4 is 5.32 Å². The van der Waals surface area contributed by atoms with Gasteiger partial charge in [-0.15, -0.1) is 0 Å². The molecular formula is C15H35N2O5Si+. The van der Waals surface area contributed by atoms with Gasteiger partial charge in [-0.05, 0) is 27.2 Å². The van der Waals surface area contributed by atoms with Gasteiger partial charge in [0.15, 0.2) is 0 Å². The molecule has 0 saturated carbocycles. The fourth-order valence-electron chi connectivity index (χ4n) is 1.96. The minimum Gasteiger partial charge on any atom is -0.397 e. The zero-order valence-electron chi connectivity index (χ0n) is 16.0. The molecule has 0 fully saturated rings. The quantitative estimate of drug-likeness (QED) is 0.351. The summed E-state index contributed by atoms with van der Waals surface area (Å²) in [7, 11) is 2.90. The summed E-state index contributed by atoms with van der Waals surface area (Å²) in [5.74, 6) is 0. The minimum absolute atomic E-state index is 0.269. The predicted octanol–water partition coefficient (Wildman–Crippen LogP) is 2.13. The van der Waals surface area contributed by atoms with Crippen LogP contribution in [0.3, 0.4) is 0 Å². The van der Waals surface area contributed by atoms with Crippen LogP contribution in [0.2, 0.25) is 0 Å². The molecule has 7 nitrogen and oxygen atoms in total. The molecule has 0 aromatic rings. The normalized spacial score (nSPS) is 15.1. The molecule has 1 N–H and O–H groups in total. The fraction of sp³-hybridized carbons (Fsp3) is 0.933. The molecule has 0 aromatic heterocycles. The molecule has 1 amide bonds. The Kier molecular flexibility index (Phi) is 9.95. The molecule has 23 heavy (non-hydrogen) atoms. The average molecular weight is 352 g/mol. The van der Waals surface area contributed by atoms with E-state index in [0.29, 0.717) is 30.7 Å². The van der Waals surface area contributed by atoms with E-state index in [4.69, 9.17) is 18.0 Å². The summed E-state index contributed by atoms with van der Waals surface area (Å²) < 4.78 is 23.5. The third-order valence-corrected chi connectivity index (χ3v) is 7.01. The van der Waals surface area contributed by atoms with Crippen LogP contribution in [0.1, 0.15) is 41.0 Å². The van der Waals surface area contributed by atoms with E-state index in [2.05, 4.69) is 5.32 Å². The number of ether oxygens (including phenoxy) is 1. The number of hydrogen-bond donors (Lipinski definition) is 1. The Hall–Kier alpha value is -0.673. The lowest BCUT2D eigenvalue weighted by molar-refractivity contribution is -0.914. The average Bonchev–Trinajstić information content (AvgIpc) is 2.44. The lowest BCUT2D eigenvalue weighted by Gasteiger charge is -2.35. The van der Waals surface area contributed by atoms with Crippen molar-refractivity contribution >= 4 is 14.9 Å². The van der Waals surface area contributed by atoms with Crippen molar-refractivity contribution in [1.82, 2.24) is 5.32 Å². The highest BCUT2D eigenvalue weighted by Gasteiger charge is 2.49. The van der Waals surface area contributed by atoms with Gasteiger partial charge in [-0.2, -0.15) is 0 Å². The Morgan fingerprint density at radius 3 is 1.74 bits per heavy atom. The highest BCUT2D eigenvalue weighted by Crippen LogP contribution is 2.18.